The third kappa shape index (κ3) is 1.00. The Labute approximate surface area is 82.3 Å². The Morgan fingerprint density at radius 1 is 1.43 bits per heavy atom. The van der Waals surface area contributed by atoms with E-state index < -0.39 is 0 Å². The molecule has 0 bridgehead atoms. The molecule has 2 aliphatic rings. The molecule has 14 heavy (non-hydrogen) atoms. The van der Waals surface area contributed by atoms with Gasteiger partial charge in [0.15, 0.2) is 0 Å². The number of hydrogen-bond acceptors (Lipinski definition) is 2. The maximum Gasteiger partial charge on any atom is 0.268 e. The van der Waals surface area contributed by atoms with Gasteiger partial charge in [-0.25, -0.2) is 0 Å². The van der Waals surface area contributed by atoms with Crippen molar-refractivity contribution in [2.45, 2.75) is 44.8 Å². The Morgan fingerprint density at radius 3 is 2.86 bits per heavy atom. The van der Waals surface area contributed by atoms with Gasteiger partial charge in [0, 0.05) is 12.6 Å². The second-order valence-electron chi connectivity index (χ2n) is 4.30. The first-order valence-electron chi connectivity index (χ1n) is 5.36. The van der Waals surface area contributed by atoms with E-state index in [0.717, 1.165) is 30.3 Å². The number of rotatable bonds is 2. The number of nitrogens with zero attached hydrogens (tertiary/aromatic N) is 1. The van der Waals surface area contributed by atoms with Crippen molar-refractivity contribution in [3.63, 3.8) is 0 Å². The first-order valence-corrected chi connectivity index (χ1v) is 5.36. The molecule has 1 aliphatic heterocycles. The summed E-state index contributed by atoms with van der Waals surface area (Å²) in [5.74, 6) is 0. The zero-order valence-corrected chi connectivity index (χ0v) is 8.34. The molecule has 0 aromatic carbocycles. The standard InChI is InChI=1S/C10H15N3O/c1-2-8-9-7(10(14)12-11-9)5-13(8)6-3-4-6/h6,8H,2-5H2,1H3,(H2,11,12,14). The number of nitrogens with one attached hydrogen (secondary N) is 2. The molecule has 1 unspecified atom stereocenters. The van der Waals surface area contributed by atoms with Crippen LogP contribution in [-0.4, -0.2) is 21.1 Å². The monoisotopic (exact) mass is 193 g/mol. The van der Waals surface area contributed by atoms with Crippen LogP contribution in [0.4, 0.5) is 0 Å². The Hall–Kier alpha value is -1.03. The van der Waals surface area contributed by atoms with E-state index in [2.05, 4.69) is 22.0 Å². The highest BCUT2D eigenvalue weighted by Crippen LogP contribution is 2.41. The van der Waals surface area contributed by atoms with Crippen LogP contribution in [0, 0.1) is 0 Å². The van der Waals surface area contributed by atoms with Crippen LogP contribution in [0.3, 0.4) is 0 Å². The van der Waals surface area contributed by atoms with Crippen molar-refractivity contribution < 1.29 is 0 Å². The van der Waals surface area contributed by atoms with Gasteiger partial charge >= 0.3 is 0 Å². The summed E-state index contributed by atoms with van der Waals surface area (Å²) in [6.07, 6.45) is 3.69. The van der Waals surface area contributed by atoms with Crippen LogP contribution in [0.5, 0.6) is 0 Å². The molecule has 0 radical (unpaired) electrons. The first-order chi connectivity index (χ1) is 6.81. The van der Waals surface area contributed by atoms with Gasteiger partial charge in [-0.3, -0.25) is 14.8 Å². The minimum atomic E-state index is 0.0709. The van der Waals surface area contributed by atoms with Gasteiger partial charge in [0.2, 0.25) is 0 Å². The Balaban J connectivity index is 1.99. The molecule has 1 aromatic heterocycles. The van der Waals surface area contributed by atoms with Crippen LogP contribution in [0.2, 0.25) is 0 Å². The quantitative estimate of drug-likeness (QED) is 0.739. The van der Waals surface area contributed by atoms with Crippen LogP contribution in [-0.2, 0) is 6.54 Å². The van der Waals surface area contributed by atoms with E-state index in [4.69, 9.17) is 0 Å². The summed E-state index contributed by atoms with van der Waals surface area (Å²) in [7, 11) is 0. The smallest absolute Gasteiger partial charge is 0.268 e. The third-order valence-corrected chi connectivity index (χ3v) is 3.39. The van der Waals surface area contributed by atoms with Crippen LogP contribution in [0.15, 0.2) is 4.79 Å². The van der Waals surface area contributed by atoms with Crippen LogP contribution < -0.4 is 5.56 Å². The highest BCUT2D eigenvalue weighted by atomic mass is 16.1. The van der Waals surface area contributed by atoms with E-state index in [1.165, 1.54) is 12.8 Å². The normalized spacial score (nSPS) is 26.8. The molecule has 0 saturated heterocycles. The van der Waals surface area contributed by atoms with Gasteiger partial charge < -0.3 is 5.10 Å². The second-order valence-corrected chi connectivity index (χ2v) is 4.30. The van der Waals surface area contributed by atoms with Crippen molar-refractivity contribution in [2.75, 3.05) is 0 Å². The lowest BCUT2D eigenvalue weighted by Gasteiger charge is -2.22. The molecule has 1 fully saturated rings. The average Bonchev–Trinajstić information content (AvgIpc) is 2.87. The second kappa shape index (κ2) is 2.73. The highest BCUT2D eigenvalue weighted by Gasteiger charge is 2.40. The topological polar surface area (TPSA) is 51.9 Å². The summed E-state index contributed by atoms with van der Waals surface area (Å²) in [6.45, 7) is 3.03. The van der Waals surface area contributed by atoms with Crippen LogP contribution in [0.1, 0.15) is 43.5 Å². The van der Waals surface area contributed by atoms with E-state index in [9.17, 15) is 4.79 Å². The lowest BCUT2D eigenvalue weighted by atomic mass is 10.1. The van der Waals surface area contributed by atoms with Gasteiger partial charge in [0.05, 0.1) is 17.3 Å². The molecule has 1 aliphatic carbocycles. The summed E-state index contributed by atoms with van der Waals surface area (Å²) < 4.78 is 0. The lowest BCUT2D eigenvalue weighted by Crippen LogP contribution is -2.25. The number of fused-ring (bicyclic) bond motifs is 1. The molecule has 3 rings (SSSR count). The molecule has 0 spiro atoms. The maximum absolute atomic E-state index is 11.4. The Morgan fingerprint density at radius 2 is 2.21 bits per heavy atom. The number of aromatic nitrogens is 2. The molecule has 76 valence electrons. The van der Waals surface area contributed by atoms with Crippen LogP contribution in [0.25, 0.3) is 0 Å². The molecule has 4 heteroatoms. The fourth-order valence-electron chi connectivity index (χ4n) is 2.53. The van der Waals surface area contributed by atoms with E-state index in [0.29, 0.717) is 6.04 Å². The minimum absolute atomic E-state index is 0.0709. The molecule has 2 heterocycles. The predicted octanol–water partition coefficient (Wildman–Crippen LogP) is 1.13. The number of hydrogen-bond donors (Lipinski definition) is 2. The third-order valence-electron chi connectivity index (χ3n) is 3.39. The van der Waals surface area contributed by atoms with Crippen molar-refractivity contribution in [1.82, 2.24) is 15.1 Å². The fourth-order valence-corrected chi connectivity index (χ4v) is 2.53. The summed E-state index contributed by atoms with van der Waals surface area (Å²) in [5, 5.41) is 5.70. The summed E-state index contributed by atoms with van der Waals surface area (Å²) in [4.78, 5) is 13.9. The largest absolute Gasteiger partial charge is 0.300 e. The molecule has 4 nitrogen and oxygen atoms in total. The van der Waals surface area contributed by atoms with E-state index >= 15 is 0 Å². The Bertz CT molecular complexity index is 402. The maximum atomic E-state index is 11.4. The molecular formula is C10H15N3O. The van der Waals surface area contributed by atoms with Crippen molar-refractivity contribution in [3.05, 3.63) is 21.6 Å². The molecule has 0 amide bonds. The predicted molar refractivity (Wildman–Crippen MR) is 53.0 cm³/mol. The van der Waals surface area contributed by atoms with Crippen molar-refractivity contribution in [2.24, 2.45) is 0 Å². The average molecular weight is 193 g/mol. The van der Waals surface area contributed by atoms with E-state index in [1.54, 1.807) is 0 Å². The first kappa shape index (κ1) is 8.29. The zero-order chi connectivity index (χ0) is 9.71. The van der Waals surface area contributed by atoms with Gasteiger partial charge in [0.25, 0.3) is 5.56 Å². The zero-order valence-electron chi connectivity index (χ0n) is 8.34. The lowest BCUT2D eigenvalue weighted by molar-refractivity contribution is 0.195. The van der Waals surface area contributed by atoms with Crippen molar-refractivity contribution in [1.29, 1.82) is 0 Å². The van der Waals surface area contributed by atoms with E-state index in [-0.39, 0.29) is 5.56 Å². The van der Waals surface area contributed by atoms with Crippen molar-refractivity contribution in [3.8, 4) is 0 Å². The van der Waals surface area contributed by atoms with Crippen molar-refractivity contribution >= 4 is 0 Å². The molecule has 1 aromatic rings. The van der Waals surface area contributed by atoms with Gasteiger partial charge in [-0.05, 0) is 19.3 Å². The van der Waals surface area contributed by atoms with Crippen LogP contribution >= 0.6 is 0 Å². The molecule has 1 atom stereocenters. The van der Waals surface area contributed by atoms with E-state index in [1.807, 2.05) is 0 Å². The summed E-state index contributed by atoms with van der Waals surface area (Å²) in [5.41, 5.74) is 2.16. The van der Waals surface area contributed by atoms with Gasteiger partial charge in [-0.15, -0.1) is 0 Å². The minimum Gasteiger partial charge on any atom is -0.300 e. The molecule has 2 N–H and O–H groups in total. The fraction of sp³-hybridized carbons (Fsp3) is 0.700. The SMILES string of the molecule is CCC1c2[nH][nH]c(=O)c2CN1C1CC1. The number of H-pyrrole nitrogens is 2. The van der Waals surface area contributed by atoms with Gasteiger partial charge in [-0.1, -0.05) is 6.92 Å². The van der Waals surface area contributed by atoms with Gasteiger partial charge in [-0.2, -0.15) is 0 Å². The number of aromatic amines is 2. The van der Waals surface area contributed by atoms with Gasteiger partial charge in [0.1, 0.15) is 0 Å². The highest BCUT2D eigenvalue weighted by molar-refractivity contribution is 5.26. The molecule has 1 saturated carbocycles. The summed E-state index contributed by atoms with van der Waals surface area (Å²) in [6, 6.07) is 1.18. The summed E-state index contributed by atoms with van der Waals surface area (Å²) >= 11 is 0. The Kier molecular flexibility index (Phi) is 1.62. The molecular weight excluding hydrogens is 178 g/mol.